The van der Waals surface area contributed by atoms with Crippen LogP contribution in [0, 0.1) is 13.8 Å². The number of unbranched alkanes of at least 4 members (excludes halogenated alkanes) is 1. The summed E-state index contributed by atoms with van der Waals surface area (Å²) in [5.41, 5.74) is 2.66. The number of hydrogen-bond donors (Lipinski definition) is 0. The van der Waals surface area contributed by atoms with Crippen LogP contribution >= 0.6 is 0 Å². The largest absolute Gasteiger partial charge is 0.490 e. The fourth-order valence-electron chi connectivity index (χ4n) is 5.30. The third-order valence-electron chi connectivity index (χ3n) is 6.96. The Balaban J connectivity index is 1.40. The topological polar surface area (TPSA) is 64.4 Å². The highest BCUT2D eigenvalue weighted by Gasteiger charge is 2.44. The van der Waals surface area contributed by atoms with Crippen LogP contribution in [0.2, 0.25) is 0 Å². The summed E-state index contributed by atoms with van der Waals surface area (Å²) in [4.78, 5) is 2.60. The van der Waals surface area contributed by atoms with E-state index < -0.39 is 9.84 Å². The lowest BCUT2D eigenvalue weighted by molar-refractivity contribution is 0.0609. The van der Waals surface area contributed by atoms with E-state index in [-0.39, 0.29) is 24.1 Å². The molecule has 1 aromatic carbocycles. The van der Waals surface area contributed by atoms with Gasteiger partial charge in [-0.15, -0.1) is 0 Å². The van der Waals surface area contributed by atoms with Gasteiger partial charge in [-0.05, 0) is 70.1 Å². The molecule has 7 heteroatoms. The molecule has 2 saturated heterocycles. The minimum absolute atomic E-state index is 0.0779. The first kappa shape index (κ1) is 22.3. The van der Waals surface area contributed by atoms with E-state index in [2.05, 4.69) is 41.2 Å². The third kappa shape index (κ3) is 4.67. The summed E-state index contributed by atoms with van der Waals surface area (Å²) >= 11 is 0. The highest BCUT2D eigenvalue weighted by atomic mass is 32.2. The molecule has 0 N–H and O–H groups in total. The maximum Gasteiger partial charge on any atom is 0.195 e. The molecule has 1 aromatic heterocycles. The first-order valence-corrected chi connectivity index (χ1v) is 13.2. The second kappa shape index (κ2) is 8.94. The number of hydrogen-bond acceptors (Lipinski definition) is 5. The fourth-order valence-corrected chi connectivity index (χ4v) is 7.32. The Hall–Kier alpha value is -1.86. The van der Waals surface area contributed by atoms with Crippen molar-refractivity contribution >= 4 is 9.84 Å². The summed E-state index contributed by atoms with van der Waals surface area (Å²) in [6, 6.07) is 9.02. The lowest BCUT2D eigenvalue weighted by atomic mass is 10.0. The molecule has 2 aromatic rings. The highest BCUT2D eigenvalue weighted by molar-refractivity contribution is 7.91. The predicted molar refractivity (Wildman–Crippen MR) is 122 cm³/mol. The third-order valence-corrected chi connectivity index (χ3v) is 8.81. The van der Waals surface area contributed by atoms with Gasteiger partial charge in [0.05, 0.1) is 11.4 Å². The molecule has 0 radical (unpaired) electrons. The number of fused-ring (bicyclic) bond motifs is 2. The van der Waals surface area contributed by atoms with Gasteiger partial charge in [0.25, 0.3) is 0 Å². The van der Waals surface area contributed by atoms with E-state index >= 15 is 0 Å². The van der Waals surface area contributed by atoms with Crippen LogP contribution < -0.4 is 4.74 Å². The molecule has 3 heterocycles. The number of piperidine rings is 1. The Kier molecular flexibility index (Phi) is 6.44. The number of ether oxygens (including phenoxy) is 1. The second-order valence-corrected chi connectivity index (χ2v) is 11.1. The Bertz CT molecular complexity index is 999. The van der Waals surface area contributed by atoms with Crippen molar-refractivity contribution in [3.8, 4) is 5.75 Å². The van der Waals surface area contributed by atoms with Crippen molar-refractivity contribution in [2.24, 2.45) is 7.05 Å². The maximum atomic E-state index is 13.2. The Morgan fingerprint density at radius 2 is 1.74 bits per heavy atom. The number of benzene rings is 1. The molecule has 4 rings (SSSR count). The summed E-state index contributed by atoms with van der Waals surface area (Å²) in [6.07, 6.45) is 7.53. The molecular formula is C24H35N3O3S. The van der Waals surface area contributed by atoms with Gasteiger partial charge in [0.2, 0.25) is 0 Å². The minimum atomic E-state index is -3.41. The smallest absolute Gasteiger partial charge is 0.195 e. The fraction of sp³-hybridized carbons (Fsp3) is 0.625. The van der Waals surface area contributed by atoms with Crippen LogP contribution in [0.4, 0.5) is 0 Å². The summed E-state index contributed by atoms with van der Waals surface area (Å²) in [7, 11) is -1.62. The first-order chi connectivity index (χ1) is 14.8. The van der Waals surface area contributed by atoms with Crippen LogP contribution in [0.1, 0.15) is 62.4 Å². The molecule has 0 amide bonds. The zero-order valence-electron chi connectivity index (χ0n) is 19.2. The first-order valence-electron chi connectivity index (χ1n) is 11.5. The molecule has 2 aliphatic rings. The van der Waals surface area contributed by atoms with Crippen molar-refractivity contribution in [2.75, 3.05) is 5.88 Å². The van der Waals surface area contributed by atoms with E-state index in [1.165, 1.54) is 18.4 Å². The van der Waals surface area contributed by atoms with E-state index in [1.54, 1.807) is 18.7 Å². The maximum absolute atomic E-state index is 13.2. The highest BCUT2D eigenvalue weighted by Crippen LogP contribution is 2.38. The van der Waals surface area contributed by atoms with Crippen LogP contribution in [-0.4, -0.2) is 47.2 Å². The van der Waals surface area contributed by atoms with Crippen molar-refractivity contribution in [3.63, 3.8) is 0 Å². The Labute approximate surface area is 186 Å². The minimum Gasteiger partial charge on any atom is -0.490 e. The number of nitrogens with zero attached hydrogens (tertiary/aromatic N) is 3. The van der Waals surface area contributed by atoms with Gasteiger partial charge in [-0.25, -0.2) is 8.42 Å². The van der Waals surface area contributed by atoms with Crippen LogP contribution in [0.15, 0.2) is 29.2 Å². The molecule has 0 saturated carbocycles. The zero-order chi connectivity index (χ0) is 22.2. The number of rotatable bonds is 8. The average Bonchev–Trinajstić information content (AvgIpc) is 3.10. The van der Waals surface area contributed by atoms with Crippen molar-refractivity contribution < 1.29 is 13.2 Å². The van der Waals surface area contributed by atoms with Crippen LogP contribution in [0.25, 0.3) is 0 Å². The number of sulfone groups is 1. The number of aryl methyl sites for hydroxylation is 3. The van der Waals surface area contributed by atoms with Crippen LogP contribution in [-0.2, 0) is 23.3 Å². The quantitative estimate of drug-likeness (QED) is 0.610. The van der Waals surface area contributed by atoms with Crippen LogP contribution in [0.3, 0.4) is 0 Å². The standard InChI is InChI=1S/C24H35N3O3S/c1-5-6-7-19-8-12-22(13-9-19)30-23-14-20-10-11-21(15-23)27(20)16-31(28,29)24-17(2)25-26(4)18(24)3/h8-9,12-13,20-21,23H,5-7,10-11,14-16H2,1-4H3/t20-,21+,23?. The SMILES string of the molecule is CCCCc1ccc(OC2C[C@H]3CC[C@@H](C2)N3CS(=O)(=O)c2c(C)nn(C)c2C)cc1. The Morgan fingerprint density at radius 1 is 1.10 bits per heavy atom. The van der Waals surface area contributed by atoms with E-state index in [4.69, 9.17) is 4.74 Å². The molecule has 170 valence electrons. The monoisotopic (exact) mass is 445 g/mol. The molecule has 1 unspecified atom stereocenters. The van der Waals surface area contributed by atoms with Gasteiger partial charge in [0, 0.05) is 19.1 Å². The lowest BCUT2D eigenvalue weighted by Gasteiger charge is -2.38. The van der Waals surface area contributed by atoms with Gasteiger partial charge in [-0.2, -0.15) is 5.10 Å². The molecule has 2 bridgehead atoms. The van der Waals surface area contributed by atoms with Gasteiger partial charge in [0.1, 0.15) is 22.6 Å². The van der Waals surface area contributed by atoms with Crippen molar-refractivity contribution in [3.05, 3.63) is 41.2 Å². The van der Waals surface area contributed by atoms with Crippen molar-refractivity contribution in [1.82, 2.24) is 14.7 Å². The van der Waals surface area contributed by atoms with E-state index in [0.717, 1.165) is 37.9 Å². The molecule has 2 aliphatic heterocycles. The van der Waals surface area contributed by atoms with Crippen molar-refractivity contribution in [2.45, 2.75) is 88.8 Å². The summed E-state index contributed by atoms with van der Waals surface area (Å²) in [5, 5.41) is 4.30. The van der Waals surface area contributed by atoms with E-state index in [1.807, 2.05) is 6.92 Å². The van der Waals surface area contributed by atoms with Crippen LogP contribution in [0.5, 0.6) is 5.75 Å². The van der Waals surface area contributed by atoms with E-state index in [0.29, 0.717) is 16.3 Å². The summed E-state index contributed by atoms with van der Waals surface area (Å²) in [5.74, 6) is 1.00. The molecule has 2 fully saturated rings. The second-order valence-electron chi connectivity index (χ2n) is 9.23. The molecule has 0 spiro atoms. The summed E-state index contributed by atoms with van der Waals surface area (Å²) in [6.45, 7) is 5.82. The molecule has 3 atom stereocenters. The molecule has 0 aliphatic carbocycles. The van der Waals surface area contributed by atoms with Gasteiger partial charge >= 0.3 is 0 Å². The Morgan fingerprint density at radius 3 is 2.29 bits per heavy atom. The van der Waals surface area contributed by atoms with Gasteiger partial charge in [-0.1, -0.05) is 25.5 Å². The van der Waals surface area contributed by atoms with Gasteiger partial charge in [-0.3, -0.25) is 9.58 Å². The lowest BCUT2D eigenvalue weighted by Crippen LogP contribution is -2.48. The molecular weight excluding hydrogens is 410 g/mol. The number of aromatic nitrogens is 2. The average molecular weight is 446 g/mol. The van der Waals surface area contributed by atoms with Crippen molar-refractivity contribution in [1.29, 1.82) is 0 Å². The summed E-state index contributed by atoms with van der Waals surface area (Å²) < 4.78 is 34.4. The molecule has 6 nitrogen and oxygen atoms in total. The van der Waals surface area contributed by atoms with E-state index in [9.17, 15) is 8.42 Å². The van der Waals surface area contributed by atoms with Gasteiger partial charge in [0.15, 0.2) is 9.84 Å². The molecule has 31 heavy (non-hydrogen) atoms. The normalized spacial score (nSPS) is 23.9. The van der Waals surface area contributed by atoms with Gasteiger partial charge < -0.3 is 4.74 Å². The predicted octanol–water partition coefficient (Wildman–Crippen LogP) is 4.19. The zero-order valence-corrected chi connectivity index (χ0v) is 20.0.